The predicted molar refractivity (Wildman–Crippen MR) is 298 cm³/mol. The number of aromatic amines is 2. The van der Waals surface area contributed by atoms with Gasteiger partial charge < -0.3 is 14.7 Å². The molecule has 18 heteroatoms. The lowest BCUT2D eigenvalue weighted by Gasteiger charge is -2.29. The number of nitrogens with zero attached hydrogens (tertiary/aromatic N) is 7. The molecule has 75 heavy (non-hydrogen) atoms. The third-order valence-corrected chi connectivity index (χ3v) is 17.3. The largest absolute Gasteiger partial charge is 0.419 e. The molecule has 1 fully saturated rings. The Balaban J connectivity index is 0.000000146. The maximum absolute atomic E-state index is 13.4. The Morgan fingerprint density at radius 3 is 2.47 bits per heavy atom. The summed E-state index contributed by atoms with van der Waals surface area (Å²) in [5.41, 5.74) is 10.6. The van der Waals surface area contributed by atoms with E-state index >= 15 is 0 Å². The first-order valence-corrected chi connectivity index (χ1v) is 28.0. The SMILES string of the molecule is CCN([C@@H]1CCN(C(C)c2ccc(F)cc2)C1)S(=O)(=O)NCCc1c(-c2cnccn2)n[nH]c1-c1cccs1.CNc1oc(-c2cccc3ccccc23)nc1C#N.c1ccc2c(c1)SCc1c-2[nH]c2ccccc12. The third-order valence-electron chi connectivity index (χ3n) is 13.5. The number of likely N-dealkylation sites (tertiary alicyclic amines) is 1. The highest BCUT2D eigenvalue weighted by molar-refractivity contribution is 7.98. The fraction of sp³-hybridized carbons (Fsp3) is 0.211. The van der Waals surface area contributed by atoms with Crippen LogP contribution >= 0.6 is 23.1 Å². The van der Waals surface area contributed by atoms with Crippen molar-refractivity contribution in [2.75, 3.05) is 38.5 Å². The number of thioether (sulfide) groups is 1. The summed E-state index contributed by atoms with van der Waals surface area (Å²) < 4.78 is 50.2. The summed E-state index contributed by atoms with van der Waals surface area (Å²) in [5, 5.41) is 25.0. The van der Waals surface area contributed by atoms with Gasteiger partial charge in [0.1, 0.15) is 23.3 Å². The molecule has 5 aromatic heterocycles. The molecule has 0 radical (unpaired) electrons. The van der Waals surface area contributed by atoms with Gasteiger partial charge in [-0.25, -0.2) is 9.11 Å². The van der Waals surface area contributed by atoms with E-state index in [0.717, 1.165) is 56.8 Å². The molecule has 7 heterocycles. The highest BCUT2D eigenvalue weighted by Gasteiger charge is 2.36. The zero-order chi connectivity index (χ0) is 51.9. The lowest BCUT2D eigenvalue weighted by Crippen LogP contribution is -2.48. The first-order chi connectivity index (χ1) is 36.6. The molecule has 12 rings (SSSR count). The van der Waals surface area contributed by atoms with Gasteiger partial charge in [0.2, 0.25) is 17.5 Å². The molecular formula is C57H54FN11O3S3. The summed E-state index contributed by atoms with van der Waals surface area (Å²) >= 11 is 3.52. The highest BCUT2D eigenvalue weighted by atomic mass is 32.2. The Bertz CT molecular complexity index is 3700. The summed E-state index contributed by atoms with van der Waals surface area (Å²) in [4.78, 5) is 21.0. The fourth-order valence-corrected chi connectivity index (χ4v) is 13.1. The van der Waals surface area contributed by atoms with Crippen LogP contribution in [0.2, 0.25) is 0 Å². The minimum absolute atomic E-state index is 0.0706. The van der Waals surface area contributed by atoms with Gasteiger partial charge >= 0.3 is 0 Å². The Morgan fingerprint density at radius 1 is 0.933 bits per heavy atom. The number of benzene rings is 5. The zero-order valence-corrected chi connectivity index (χ0v) is 43.9. The maximum atomic E-state index is 13.4. The summed E-state index contributed by atoms with van der Waals surface area (Å²) in [5.74, 6) is 1.65. The average molecular weight is 1060 g/mol. The topological polar surface area (TPSA) is 185 Å². The number of oxazole rings is 1. The van der Waals surface area contributed by atoms with Gasteiger partial charge in [-0.2, -0.15) is 28.1 Å². The Kier molecular flexibility index (Phi) is 15.6. The quantitative estimate of drug-likeness (QED) is 0.0861. The molecule has 10 aromatic rings. The molecule has 0 amide bonds. The van der Waals surface area contributed by atoms with E-state index in [9.17, 15) is 12.8 Å². The molecule has 0 saturated carbocycles. The van der Waals surface area contributed by atoms with Crippen LogP contribution in [0, 0.1) is 17.1 Å². The Morgan fingerprint density at radius 2 is 1.71 bits per heavy atom. The van der Waals surface area contributed by atoms with E-state index in [0.29, 0.717) is 42.7 Å². The normalized spacial score (nSPS) is 14.6. The summed E-state index contributed by atoms with van der Waals surface area (Å²) in [6.45, 7) is 5.92. The van der Waals surface area contributed by atoms with E-state index in [1.165, 1.54) is 44.8 Å². The number of nitriles is 1. The molecule has 1 unspecified atom stereocenters. The predicted octanol–water partition coefficient (Wildman–Crippen LogP) is 12.1. The number of thiophene rings is 1. The minimum Gasteiger partial charge on any atom is -0.419 e. The number of aromatic nitrogens is 6. The maximum Gasteiger partial charge on any atom is 0.279 e. The van der Waals surface area contributed by atoms with Gasteiger partial charge in [-0.1, -0.05) is 97.9 Å². The Labute approximate surface area is 443 Å². The van der Waals surface area contributed by atoms with E-state index < -0.39 is 10.2 Å². The first-order valence-electron chi connectivity index (χ1n) is 24.7. The monoisotopic (exact) mass is 1060 g/mol. The molecule has 2 aliphatic heterocycles. The Hall–Kier alpha value is -7.50. The van der Waals surface area contributed by atoms with Crippen molar-refractivity contribution >= 4 is 60.9 Å². The van der Waals surface area contributed by atoms with Gasteiger partial charge in [0.05, 0.1) is 22.5 Å². The van der Waals surface area contributed by atoms with Crippen LogP contribution < -0.4 is 10.0 Å². The van der Waals surface area contributed by atoms with Crippen LogP contribution in [0.5, 0.6) is 0 Å². The number of fused-ring (bicyclic) bond motifs is 6. The smallest absolute Gasteiger partial charge is 0.279 e. The number of anilines is 1. The van der Waals surface area contributed by atoms with Crippen LogP contribution in [0.4, 0.5) is 10.3 Å². The average Bonchev–Trinajstić information content (AvgIpc) is 4.33. The third kappa shape index (κ3) is 11.0. The fourth-order valence-electron chi connectivity index (χ4n) is 9.81. The second-order valence-corrected chi connectivity index (χ2v) is 21.6. The minimum atomic E-state index is -3.72. The van der Waals surface area contributed by atoms with Crippen molar-refractivity contribution in [3.8, 4) is 50.7 Å². The number of hydrogen-bond donors (Lipinski definition) is 4. The summed E-state index contributed by atoms with van der Waals surface area (Å²) in [6.07, 6.45) is 6.04. The van der Waals surface area contributed by atoms with Gasteiger partial charge in [-0.15, -0.1) is 23.1 Å². The lowest BCUT2D eigenvalue weighted by molar-refractivity contribution is 0.238. The van der Waals surface area contributed by atoms with E-state index in [2.05, 4.69) is 101 Å². The van der Waals surface area contributed by atoms with Crippen LogP contribution in [0.3, 0.4) is 0 Å². The first kappa shape index (κ1) is 51.0. The highest BCUT2D eigenvalue weighted by Crippen LogP contribution is 2.44. The number of para-hydroxylation sites is 1. The van der Waals surface area contributed by atoms with Crippen LogP contribution in [0.25, 0.3) is 66.3 Å². The molecule has 4 N–H and O–H groups in total. The molecule has 2 aliphatic rings. The number of halogens is 1. The van der Waals surface area contributed by atoms with Gasteiger partial charge in [-0.3, -0.25) is 20.0 Å². The molecule has 380 valence electrons. The van der Waals surface area contributed by atoms with Crippen molar-refractivity contribution in [2.45, 2.75) is 49.4 Å². The van der Waals surface area contributed by atoms with Crippen molar-refractivity contribution in [1.29, 1.82) is 5.26 Å². The second kappa shape index (κ2) is 22.9. The van der Waals surface area contributed by atoms with Crippen LogP contribution in [0.15, 0.2) is 161 Å². The van der Waals surface area contributed by atoms with Crippen molar-refractivity contribution in [2.24, 2.45) is 0 Å². The van der Waals surface area contributed by atoms with Crippen LogP contribution in [0.1, 0.15) is 48.7 Å². The van der Waals surface area contributed by atoms with Gasteiger partial charge in [0, 0.05) is 95.9 Å². The van der Waals surface area contributed by atoms with Crippen molar-refractivity contribution < 1.29 is 17.2 Å². The molecule has 2 atom stereocenters. The lowest BCUT2D eigenvalue weighted by atomic mass is 10.0. The summed E-state index contributed by atoms with van der Waals surface area (Å²) in [7, 11) is -2.02. The molecule has 1 saturated heterocycles. The number of nitrogens with one attached hydrogen (secondary N) is 4. The number of H-pyrrole nitrogens is 2. The molecule has 0 aliphatic carbocycles. The van der Waals surface area contributed by atoms with Crippen molar-refractivity contribution in [1.82, 2.24) is 44.1 Å². The molecular weight excluding hydrogens is 1000 g/mol. The molecule has 14 nitrogen and oxygen atoms in total. The summed E-state index contributed by atoms with van der Waals surface area (Å²) in [6, 6.07) is 43.6. The zero-order valence-electron chi connectivity index (χ0n) is 41.5. The molecule has 0 bridgehead atoms. The van der Waals surface area contributed by atoms with Gasteiger partial charge in [0.15, 0.2) is 0 Å². The van der Waals surface area contributed by atoms with Crippen molar-refractivity contribution in [3.63, 3.8) is 0 Å². The van der Waals surface area contributed by atoms with Crippen molar-refractivity contribution in [3.05, 3.63) is 180 Å². The number of hydrogen-bond acceptors (Lipinski definition) is 12. The molecule has 0 spiro atoms. The van der Waals surface area contributed by atoms with Gasteiger partial charge in [0.25, 0.3) is 10.2 Å². The standard InChI is InChI=1S/C27H32FN7O2S2.C15H11N3O.C15H11NS/c1-3-35(22-11-15-34(18-22)19(2)20-6-8-21(28)9-7-20)39(36,37)31-12-10-23-26(24-17-29-13-14-30-24)32-33-27(23)25-5-4-16-38-25;1-17-15-13(9-16)18-14(19-15)12-8-4-6-10-5-2-3-7-11(10)12;1-3-7-13-10(5-1)12-9-17-14-8-4-2-6-11(14)15(12)16-13/h4-9,13-14,16-17,19,22,31H,3,10-12,15,18H2,1-2H3,(H,32,33);2-8,17H,1H3;1-8,16H,9H2/t19?,22-;;/m1../s1. The van der Waals surface area contributed by atoms with E-state index in [1.807, 2.05) is 84.7 Å². The second-order valence-electron chi connectivity index (χ2n) is 17.9. The van der Waals surface area contributed by atoms with Crippen LogP contribution in [-0.2, 0) is 22.4 Å². The van der Waals surface area contributed by atoms with E-state index in [4.69, 9.17) is 9.68 Å². The molecule has 5 aromatic carbocycles. The number of likely N-dealkylation sites (N-methyl/N-ethyl adjacent to an activating group) is 1. The van der Waals surface area contributed by atoms with Gasteiger partial charge in [-0.05, 0) is 83.4 Å². The van der Waals surface area contributed by atoms with Crippen LogP contribution in [-0.4, -0.2) is 87.0 Å². The van der Waals surface area contributed by atoms with E-state index in [-0.39, 0.29) is 30.1 Å². The van der Waals surface area contributed by atoms with E-state index in [1.54, 1.807) is 53.4 Å². The number of rotatable bonds is 13.